The van der Waals surface area contributed by atoms with Gasteiger partial charge in [0.1, 0.15) is 17.6 Å². The number of nitrogens with zero attached hydrogens (tertiary/aromatic N) is 2. The summed E-state index contributed by atoms with van der Waals surface area (Å²) in [5.74, 6) is -2.59. The summed E-state index contributed by atoms with van der Waals surface area (Å²) in [4.78, 5) is 31.0. The molecule has 3 heterocycles. The highest BCUT2D eigenvalue weighted by molar-refractivity contribution is 6.46. The van der Waals surface area contributed by atoms with Crippen molar-refractivity contribution in [3.8, 4) is 5.75 Å². The van der Waals surface area contributed by atoms with Crippen molar-refractivity contribution in [3.63, 3.8) is 0 Å². The second-order valence-electron chi connectivity index (χ2n) is 6.65. The van der Waals surface area contributed by atoms with Gasteiger partial charge >= 0.3 is 0 Å². The van der Waals surface area contributed by atoms with Crippen LogP contribution in [0, 0.1) is 5.82 Å². The first-order valence-corrected chi connectivity index (χ1v) is 9.06. The molecule has 4 rings (SSSR count). The average molecular weight is 408 g/mol. The quantitative estimate of drug-likeness (QED) is 0.395. The summed E-state index contributed by atoms with van der Waals surface area (Å²) in [6.45, 7) is 0.0809. The van der Waals surface area contributed by atoms with Crippen molar-refractivity contribution in [1.29, 1.82) is 0 Å². The van der Waals surface area contributed by atoms with Gasteiger partial charge in [0, 0.05) is 24.5 Å². The normalized spacial score (nSPS) is 18.1. The lowest BCUT2D eigenvalue weighted by Crippen LogP contribution is -2.29. The molecule has 1 fully saturated rings. The number of pyridine rings is 1. The van der Waals surface area contributed by atoms with Crippen LogP contribution in [0.2, 0.25) is 0 Å². The second kappa shape index (κ2) is 7.82. The van der Waals surface area contributed by atoms with E-state index in [0.717, 1.165) is 6.07 Å². The number of benzene rings is 1. The summed E-state index contributed by atoms with van der Waals surface area (Å²) in [6.07, 6.45) is 4.59. The number of ether oxygens (including phenoxy) is 1. The molecule has 1 aliphatic rings. The molecule has 152 valence electrons. The molecule has 0 radical (unpaired) electrons. The monoisotopic (exact) mass is 408 g/mol. The van der Waals surface area contributed by atoms with Crippen LogP contribution in [0.15, 0.2) is 71.1 Å². The number of aliphatic hydroxyl groups excluding tert-OH is 1. The molecule has 8 heteroatoms. The standard InChI is InChI=1S/C22H17FN2O5/c1-29-16-7-6-14(10-15(16)23)20(26)18-19(17-5-3-9-30-17)25(22(28)21(18)27)12-13-4-2-8-24-11-13/h2-11,19,26H,12H2,1H3. The number of halogens is 1. The predicted octanol–water partition coefficient (Wildman–Crippen LogP) is 3.44. The number of amides is 1. The lowest BCUT2D eigenvalue weighted by Gasteiger charge is -2.23. The number of likely N-dealkylation sites (tertiary alicyclic amines) is 1. The Bertz CT molecular complexity index is 1130. The lowest BCUT2D eigenvalue weighted by molar-refractivity contribution is -0.140. The molecule has 1 atom stereocenters. The highest BCUT2D eigenvalue weighted by atomic mass is 19.1. The van der Waals surface area contributed by atoms with Gasteiger partial charge in [0.25, 0.3) is 11.7 Å². The highest BCUT2D eigenvalue weighted by Crippen LogP contribution is 2.40. The minimum Gasteiger partial charge on any atom is -0.507 e. The number of hydrogen-bond acceptors (Lipinski definition) is 6. The Morgan fingerprint density at radius 1 is 1.27 bits per heavy atom. The van der Waals surface area contributed by atoms with Crippen molar-refractivity contribution in [2.75, 3.05) is 7.11 Å². The molecule has 0 bridgehead atoms. The first-order chi connectivity index (χ1) is 14.5. The maximum absolute atomic E-state index is 14.2. The average Bonchev–Trinajstić information content (AvgIpc) is 3.37. The molecule has 7 nitrogen and oxygen atoms in total. The van der Waals surface area contributed by atoms with Gasteiger partial charge < -0.3 is 19.2 Å². The van der Waals surface area contributed by atoms with E-state index in [0.29, 0.717) is 11.3 Å². The van der Waals surface area contributed by atoms with E-state index >= 15 is 0 Å². The fourth-order valence-corrected chi connectivity index (χ4v) is 3.44. The smallest absolute Gasteiger partial charge is 0.296 e. The number of hydrogen-bond donors (Lipinski definition) is 1. The molecule has 0 aliphatic carbocycles. The van der Waals surface area contributed by atoms with E-state index in [1.165, 1.54) is 30.4 Å². The number of Topliss-reactive ketones (excluding diaryl/α,β-unsaturated/α-hetero) is 1. The Labute approximate surface area is 171 Å². The third-order valence-electron chi connectivity index (χ3n) is 4.85. The van der Waals surface area contributed by atoms with Crippen molar-refractivity contribution in [2.45, 2.75) is 12.6 Å². The van der Waals surface area contributed by atoms with Gasteiger partial charge in [-0.3, -0.25) is 14.6 Å². The number of methoxy groups -OCH3 is 1. The molecule has 0 spiro atoms. The summed E-state index contributed by atoms with van der Waals surface area (Å²) < 4.78 is 24.5. The molecular formula is C22H17FN2O5. The zero-order valence-corrected chi connectivity index (χ0v) is 15.9. The van der Waals surface area contributed by atoms with E-state index in [2.05, 4.69) is 4.98 Å². The third kappa shape index (κ3) is 3.32. The minimum absolute atomic E-state index is 0.00818. The number of rotatable bonds is 5. The maximum Gasteiger partial charge on any atom is 0.296 e. The van der Waals surface area contributed by atoms with Crippen LogP contribution in [0.4, 0.5) is 4.39 Å². The zero-order chi connectivity index (χ0) is 21.3. The molecule has 1 saturated heterocycles. The topological polar surface area (TPSA) is 92.9 Å². The van der Waals surface area contributed by atoms with Crippen LogP contribution in [0.1, 0.15) is 22.9 Å². The van der Waals surface area contributed by atoms with Crippen LogP contribution < -0.4 is 4.74 Å². The summed E-state index contributed by atoms with van der Waals surface area (Å²) >= 11 is 0. The first kappa shape index (κ1) is 19.4. The van der Waals surface area contributed by atoms with Gasteiger partial charge in [-0.1, -0.05) is 6.07 Å². The Hall–Kier alpha value is -3.94. The van der Waals surface area contributed by atoms with Gasteiger partial charge in [-0.25, -0.2) is 4.39 Å². The van der Waals surface area contributed by atoms with Crippen LogP contribution in [-0.2, 0) is 16.1 Å². The Morgan fingerprint density at radius 3 is 2.73 bits per heavy atom. The SMILES string of the molecule is COc1ccc(C(O)=C2C(=O)C(=O)N(Cc3cccnc3)C2c2ccco2)cc1F. The van der Waals surface area contributed by atoms with E-state index < -0.39 is 29.3 Å². The summed E-state index contributed by atoms with van der Waals surface area (Å²) in [6, 6.07) is 9.52. The molecule has 1 amide bonds. The molecule has 0 saturated carbocycles. The van der Waals surface area contributed by atoms with Gasteiger partial charge in [0.15, 0.2) is 11.6 Å². The minimum atomic E-state index is -0.967. The van der Waals surface area contributed by atoms with E-state index in [9.17, 15) is 19.1 Å². The number of ketones is 1. The Morgan fingerprint density at radius 2 is 2.10 bits per heavy atom. The van der Waals surface area contributed by atoms with Gasteiger partial charge in [0.2, 0.25) is 0 Å². The number of aromatic nitrogens is 1. The van der Waals surface area contributed by atoms with Gasteiger partial charge in [0.05, 0.1) is 18.9 Å². The number of carbonyl (C=O) groups is 2. The lowest BCUT2D eigenvalue weighted by atomic mass is 9.99. The predicted molar refractivity (Wildman–Crippen MR) is 104 cm³/mol. The largest absolute Gasteiger partial charge is 0.507 e. The van der Waals surface area contributed by atoms with Gasteiger partial charge in [-0.15, -0.1) is 0 Å². The first-order valence-electron chi connectivity index (χ1n) is 9.06. The second-order valence-corrected chi connectivity index (χ2v) is 6.65. The Balaban J connectivity index is 1.83. The highest BCUT2D eigenvalue weighted by Gasteiger charge is 2.47. The molecule has 1 unspecified atom stereocenters. The third-order valence-corrected chi connectivity index (χ3v) is 4.85. The molecule has 30 heavy (non-hydrogen) atoms. The van der Waals surface area contributed by atoms with Crippen molar-refractivity contribution in [2.24, 2.45) is 0 Å². The van der Waals surface area contributed by atoms with Crippen LogP contribution in [0.25, 0.3) is 5.76 Å². The number of furan rings is 1. The summed E-state index contributed by atoms with van der Waals surface area (Å²) in [5.41, 5.74) is 0.569. The van der Waals surface area contributed by atoms with Gasteiger partial charge in [-0.05, 0) is 42.0 Å². The van der Waals surface area contributed by atoms with Crippen molar-refractivity contribution in [1.82, 2.24) is 9.88 Å². The fraction of sp³-hybridized carbons (Fsp3) is 0.136. The molecule has 2 aromatic heterocycles. The van der Waals surface area contributed by atoms with Crippen molar-refractivity contribution in [3.05, 3.63) is 89.4 Å². The van der Waals surface area contributed by atoms with E-state index in [1.54, 1.807) is 36.7 Å². The van der Waals surface area contributed by atoms with E-state index in [-0.39, 0.29) is 23.4 Å². The van der Waals surface area contributed by atoms with Crippen LogP contribution in [-0.4, -0.2) is 33.8 Å². The molecule has 1 aliphatic heterocycles. The van der Waals surface area contributed by atoms with E-state index in [4.69, 9.17) is 9.15 Å². The van der Waals surface area contributed by atoms with Gasteiger partial charge in [-0.2, -0.15) is 0 Å². The van der Waals surface area contributed by atoms with Crippen molar-refractivity contribution >= 4 is 17.4 Å². The van der Waals surface area contributed by atoms with Crippen LogP contribution in [0.3, 0.4) is 0 Å². The number of carbonyl (C=O) groups excluding carboxylic acids is 2. The van der Waals surface area contributed by atoms with Crippen LogP contribution in [0.5, 0.6) is 5.75 Å². The van der Waals surface area contributed by atoms with Crippen LogP contribution >= 0.6 is 0 Å². The van der Waals surface area contributed by atoms with E-state index in [1.807, 2.05) is 0 Å². The zero-order valence-electron chi connectivity index (χ0n) is 15.9. The molecule has 1 N–H and O–H groups in total. The molecule has 1 aromatic carbocycles. The Kier molecular flexibility index (Phi) is 5.05. The number of aliphatic hydroxyl groups is 1. The van der Waals surface area contributed by atoms with Crippen molar-refractivity contribution < 1.29 is 28.2 Å². The fourth-order valence-electron chi connectivity index (χ4n) is 3.44. The summed E-state index contributed by atoms with van der Waals surface area (Å²) in [5, 5.41) is 10.9. The molecule has 3 aromatic rings. The maximum atomic E-state index is 14.2. The summed E-state index contributed by atoms with van der Waals surface area (Å²) in [7, 11) is 1.32. The molecular weight excluding hydrogens is 391 g/mol.